The molecule has 0 unspecified atom stereocenters. The SMILES string of the molecule is C=CC(=O)NCC1CCN(S(=O)(=O)c2ccc(NC(=O)c3ccco3)cc2)CC1. The Balaban J connectivity index is 1.58. The van der Waals surface area contributed by atoms with Crippen LogP contribution in [0, 0.1) is 5.92 Å². The second kappa shape index (κ2) is 9.06. The van der Waals surface area contributed by atoms with E-state index in [0.29, 0.717) is 38.2 Å². The smallest absolute Gasteiger partial charge is 0.291 e. The molecule has 2 N–H and O–H groups in total. The maximum atomic E-state index is 12.9. The molecule has 1 aromatic carbocycles. The van der Waals surface area contributed by atoms with Gasteiger partial charge in [-0.15, -0.1) is 0 Å². The normalized spacial score (nSPS) is 15.6. The van der Waals surface area contributed by atoms with Crippen molar-refractivity contribution in [1.82, 2.24) is 9.62 Å². The third-order valence-electron chi connectivity index (χ3n) is 4.82. The summed E-state index contributed by atoms with van der Waals surface area (Å²) in [5.74, 6) is -0.214. The van der Waals surface area contributed by atoms with E-state index >= 15 is 0 Å². The zero-order chi connectivity index (χ0) is 20.9. The van der Waals surface area contributed by atoms with Crippen molar-refractivity contribution >= 4 is 27.5 Å². The lowest BCUT2D eigenvalue weighted by atomic mass is 9.98. The predicted octanol–water partition coefficient (Wildman–Crippen LogP) is 2.23. The fraction of sp³-hybridized carbons (Fsp3) is 0.300. The van der Waals surface area contributed by atoms with Crippen LogP contribution in [0.3, 0.4) is 0 Å². The average molecular weight is 417 g/mol. The van der Waals surface area contributed by atoms with Crippen LogP contribution in [0.5, 0.6) is 0 Å². The Morgan fingerprint density at radius 1 is 1.17 bits per heavy atom. The van der Waals surface area contributed by atoms with Crippen molar-refractivity contribution in [2.75, 3.05) is 25.0 Å². The highest BCUT2D eigenvalue weighted by Crippen LogP contribution is 2.24. The van der Waals surface area contributed by atoms with Crippen molar-refractivity contribution in [2.45, 2.75) is 17.7 Å². The second-order valence-electron chi connectivity index (χ2n) is 6.75. The number of carbonyl (C=O) groups is 2. The number of piperidine rings is 1. The van der Waals surface area contributed by atoms with Crippen LogP contribution in [0.2, 0.25) is 0 Å². The molecule has 0 aliphatic carbocycles. The van der Waals surface area contributed by atoms with Crippen LogP contribution in [0.25, 0.3) is 0 Å². The van der Waals surface area contributed by atoms with E-state index in [0.717, 1.165) is 0 Å². The number of carbonyl (C=O) groups excluding carboxylic acids is 2. The molecule has 0 saturated carbocycles. The Morgan fingerprint density at radius 3 is 2.45 bits per heavy atom. The fourth-order valence-electron chi connectivity index (χ4n) is 3.13. The average Bonchev–Trinajstić information content (AvgIpc) is 3.28. The molecular weight excluding hydrogens is 394 g/mol. The van der Waals surface area contributed by atoms with Gasteiger partial charge in [-0.25, -0.2) is 8.42 Å². The number of benzene rings is 1. The number of hydrogen-bond donors (Lipinski definition) is 2. The van der Waals surface area contributed by atoms with Crippen molar-refractivity contribution in [3.8, 4) is 0 Å². The second-order valence-corrected chi connectivity index (χ2v) is 8.69. The number of hydrogen-bond acceptors (Lipinski definition) is 5. The van der Waals surface area contributed by atoms with Crippen molar-refractivity contribution < 1.29 is 22.4 Å². The topological polar surface area (TPSA) is 109 Å². The zero-order valence-corrected chi connectivity index (χ0v) is 16.7. The Hall–Kier alpha value is -2.91. The maximum Gasteiger partial charge on any atom is 0.291 e. The minimum Gasteiger partial charge on any atom is -0.459 e. The monoisotopic (exact) mass is 417 g/mol. The first-order chi connectivity index (χ1) is 13.9. The van der Waals surface area contributed by atoms with Crippen LogP contribution >= 0.6 is 0 Å². The summed E-state index contributed by atoms with van der Waals surface area (Å²) >= 11 is 0. The minimum atomic E-state index is -3.61. The molecule has 1 aliphatic rings. The highest BCUT2D eigenvalue weighted by molar-refractivity contribution is 7.89. The standard InChI is InChI=1S/C20H23N3O5S/c1-2-19(24)21-14-15-9-11-23(12-10-15)29(26,27)17-7-5-16(6-8-17)22-20(25)18-4-3-13-28-18/h2-8,13,15H,1,9-12,14H2,(H,21,24)(H,22,25). The van der Waals surface area contributed by atoms with E-state index in [1.165, 1.54) is 28.8 Å². The van der Waals surface area contributed by atoms with E-state index in [1.54, 1.807) is 24.3 Å². The highest BCUT2D eigenvalue weighted by atomic mass is 32.2. The van der Waals surface area contributed by atoms with Crippen LogP contribution in [0.4, 0.5) is 5.69 Å². The molecular formula is C20H23N3O5S. The molecule has 3 rings (SSSR count). The number of anilines is 1. The number of nitrogens with zero attached hydrogens (tertiary/aromatic N) is 1. The van der Waals surface area contributed by atoms with Gasteiger partial charge in [-0.3, -0.25) is 9.59 Å². The summed E-state index contributed by atoms with van der Waals surface area (Å²) < 4.78 is 32.2. The van der Waals surface area contributed by atoms with Crippen LogP contribution in [0.1, 0.15) is 23.4 Å². The molecule has 1 fully saturated rings. The van der Waals surface area contributed by atoms with E-state index in [-0.39, 0.29) is 22.5 Å². The van der Waals surface area contributed by atoms with Gasteiger partial charge in [0.25, 0.3) is 5.91 Å². The predicted molar refractivity (Wildman–Crippen MR) is 108 cm³/mol. The highest BCUT2D eigenvalue weighted by Gasteiger charge is 2.29. The molecule has 0 spiro atoms. The third kappa shape index (κ3) is 5.12. The Bertz CT molecular complexity index is 960. The summed E-state index contributed by atoms with van der Waals surface area (Å²) in [6, 6.07) is 9.20. The molecule has 0 bridgehead atoms. The Labute approximate surface area is 169 Å². The maximum absolute atomic E-state index is 12.9. The van der Waals surface area contributed by atoms with Crippen LogP contribution < -0.4 is 10.6 Å². The summed E-state index contributed by atoms with van der Waals surface area (Å²) in [6.45, 7) is 4.72. The van der Waals surface area contributed by atoms with Gasteiger partial charge in [0.15, 0.2) is 5.76 Å². The molecule has 1 saturated heterocycles. The summed E-state index contributed by atoms with van der Waals surface area (Å²) in [7, 11) is -3.61. The van der Waals surface area contributed by atoms with E-state index in [2.05, 4.69) is 17.2 Å². The zero-order valence-electron chi connectivity index (χ0n) is 15.8. The lowest BCUT2D eigenvalue weighted by molar-refractivity contribution is -0.116. The molecule has 29 heavy (non-hydrogen) atoms. The van der Waals surface area contributed by atoms with Crippen LogP contribution in [-0.4, -0.2) is 44.2 Å². The first-order valence-corrected chi connectivity index (χ1v) is 10.7. The molecule has 154 valence electrons. The molecule has 0 radical (unpaired) electrons. The van der Waals surface area contributed by atoms with Gasteiger partial charge < -0.3 is 15.1 Å². The lowest BCUT2D eigenvalue weighted by Crippen LogP contribution is -2.41. The number of sulfonamides is 1. The van der Waals surface area contributed by atoms with Gasteiger partial charge in [-0.2, -0.15) is 4.31 Å². The van der Waals surface area contributed by atoms with Gasteiger partial charge in [0.1, 0.15) is 0 Å². The number of rotatable bonds is 7. The Morgan fingerprint density at radius 2 is 1.86 bits per heavy atom. The number of furan rings is 1. The lowest BCUT2D eigenvalue weighted by Gasteiger charge is -2.31. The summed E-state index contributed by atoms with van der Waals surface area (Å²) in [5, 5.41) is 5.41. The molecule has 2 heterocycles. The van der Waals surface area contributed by atoms with Crippen molar-refractivity contribution in [3.05, 3.63) is 61.1 Å². The van der Waals surface area contributed by atoms with Gasteiger partial charge in [0.2, 0.25) is 15.9 Å². The van der Waals surface area contributed by atoms with Gasteiger partial charge >= 0.3 is 0 Å². The first kappa shape index (κ1) is 20.8. The van der Waals surface area contributed by atoms with Crippen molar-refractivity contribution in [3.63, 3.8) is 0 Å². The molecule has 1 aliphatic heterocycles. The van der Waals surface area contributed by atoms with Gasteiger partial charge in [0, 0.05) is 25.3 Å². The first-order valence-electron chi connectivity index (χ1n) is 9.25. The summed E-state index contributed by atoms with van der Waals surface area (Å²) in [4.78, 5) is 23.4. The number of amides is 2. The molecule has 2 amide bonds. The quantitative estimate of drug-likeness (QED) is 0.672. The van der Waals surface area contributed by atoms with Gasteiger partial charge in [-0.05, 0) is 61.2 Å². The minimum absolute atomic E-state index is 0.173. The van der Waals surface area contributed by atoms with Crippen molar-refractivity contribution in [1.29, 1.82) is 0 Å². The molecule has 2 aromatic rings. The molecule has 1 aromatic heterocycles. The van der Waals surface area contributed by atoms with E-state index < -0.39 is 15.9 Å². The Kier molecular flexibility index (Phi) is 6.50. The van der Waals surface area contributed by atoms with E-state index in [4.69, 9.17) is 4.42 Å². The third-order valence-corrected chi connectivity index (χ3v) is 6.73. The van der Waals surface area contributed by atoms with E-state index in [9.17, 15) is 18.0 Å². The van der Waals surface area contributed by atoms with Crippen LogP contribution in [0.15, 0.2) is 64.6 Å². The largest absolute Gasteiger partial charge is 0.459 e. The fourth-order valence-corrected chi connectivity index (χ4v) is 4.60. The number of nitrogens with one attached hydrogen (secondary N) is 2. The van der Waals surface area contributed by atoms with Gasteiger partial charge in [0.05, 0.1) is 11.2 Å². The van der Waals surface area contributed by atoms with Crippen LogP contribution in [-0.2, 0) is 14.8 Å². The summed E-state index contributed by atoms with van der Waals surface area (Å²) in [6.07, 6.45) is 3.98. The van der Waals surface area contributed by atoms with Gasteiger partial charge in [-0.1, -0.05) is 6.58 Å². The molecule has 9 heteroatoms. The van der Waals surface area contributed by atoms with Crippen molar-refractivity contribution in [2.24, 2.45) is 5.92 Å². The summed E-state index contributed by atoms with van der Waals surface area (Å²) in [5.41, 5.74) is 0.474. The van der Waals surface area contributed by atoms with E-state index in [1.807, 2.05) is 0 Å². The molecule has 8 nitrogen and oxygen atoms in total. The molecule has 0 atom stereocenters.